The number of nitrogens with one attached hydrogen (secondary N) is 1. The number of anilines is 1. The summed E-state index contributed by atoms with van der Waals surface area (Å²) in [6.45, 7) is 2.19. The topological polar surface area (TPSA) is 82.6 Å². The molecule has 3 heterocycles. The molecule has 3 amide bonds. The van der Waals surface area contributed by atoms with Crippen molar-refractivity contribution >= 4 is 23.4 Å². The van der Waals surface area contributed by atoms with Gasteiger partial charge in [-0.15, -0.1) is 0 Å². The van der Waals surface area contributed by atoms with Crippen LogP contribution in [0.1, 0.15) is 33.6 Å². The molecule has 2 aromatic rings. The molecule has 7 nitrogen and oxygen atoms in total. The van der Waals surface area contributed by atoms with Crippen LogP contribution in [0, 0.1) is 5.92 Å². The molecule has 1 fully saturated rings. The maximum absolute atomic E-state index is 12.3. The monoisotopic (exact) mass is 378 g/mol. The van der Waals surface area contributed by atoms with E-state index >= 15 is 0 Å². The van der Waals surface area contributed by atoms with Crippen LogP contribution < -0.4 is 10.2 Å². The van der Waals surface area contributed by atoms with Crippen LogP contribution in [0.3, 0.4) is 0 Å². The van der Waals surface area contributed by atoms with Gasteiger partial charge in [0.1, 0.15) is 6.54 Å². The van der Waals surface area contributed by atoms with Crippen LogP contribution >= 0.6 is 0 Å². The summed E-state index contributed by atoms with van der Waals surface area (Å²) in [6, 6.07) is 10.7. The highest BCUT2D eigenvalue weighted by atomic mass is 16.2. The SMILES string of the molecule is O=C(CN1C(=O)c2ccccc2C1=O)NCC1CCN(c2ccncc2)CC1. The van der Waals surface area contributed by atoms with E-state index in [0.29, 0.717) is 23.6 Å². The molecule has 7 heteroatoms. The normalized spacial score (nSPS) is 17.0. The zero-order valence-electron chi connectivity index (χ0n) is 15.5. The summed E-state index contributed by atoms with van der Waals surface area (Å²) < 4.78 is 0. The molecule has 144 valence electrons. The molecular weight excluding hydrogens is 356 g/mol. The summed E-state index contributed by atoms with van der Waals surface area (Å²) in [4.78, 5) is 44.3. The highest BCUT2D eigenvalue weighted by Gasteiger charge is 2.36. The third kappa shape index (κ3) is 3.60. The molecule has 1 aromatic heterocycles. The van der Waals surface area contributed by atoms with E-state index in [-0.39, 0.29) is 12.5 Å². The number of piperidine rings is 1. The highest BCUT2D eigenvalue weighted by Crippen LogP contribution is 2.23. The van der Waals surface area contributed by atoms with E-state index in [1.807, 2.05) is 12.1 Å². The van der Waals surface area contributed by atoms with Gasteiger partial charge >= 0.3 is 0 Å². The molecule has 1 saturated heterocycles. The van der Waals surface area contributed by atoms with Gasteiger partial charge in [-0.3, -0.25) is 24.3 Å². The summed E-state index contributed by atoms with van der Waals surface area (Å²) in [7, 11) is 0. The van der Waals surface area contributed by atoms with E-state index < -0.39 is 11.8 Å². The summed E-state index contributed by atoms with van der Waals surface area (Å²) >= 11 is 0. The Morgan fingerprint density at radius 1 is 1.00 bits per heavy atom. The molecule has 0 atom stereocenters. The molecule has 2 aliphatic rings. The third-order valence-electron chi connectivity index (χ3n) is 5.41. The summed E-state index contributed by atoms with van der Waals surface area (Å²) in [6.07, 6.45) is 5.55. The number of hydrogen-bond acceptors (Lipinski definition) is 5. The van der Waals surface area contributed by atoms with Gasteiger partial charge in [0, 0.05) is 37.7 Å². The van der Waals surface area contributed by atoms with Crippen LogP contribution in [0.5, 0.6) is 0 Å². The quantitative estimate of drug-likeness (QED) is 0.801. The van der Waals surface area contributed by atoms with Gasteiger partial charge in [0.25, 0.3) is 11.8 Å². The molecule has 0 unspecified atom stereocenters. The van der Waals surface area contributed by atoms with Crippen molar-refractivity contribution in [2.75, 3.05) is 31.1 Å². The third-order valence-corrected chi connectivity index (χ3v) is 5.41. The number of benzene rings is 1. The van der Waals surface area contributed by atoms with E-state index in [2.05, 4.69) is 15.2 Å². The number of pyridine rings is 1. The number of carbonyl (C=O) groups excluding carboxylic acids is 3. The van der Waals surface area contributed by atoms with E-state index in [4.69, 9.17) is 0 Å². The maximum Gasteiger partial charge on any atom is 0.262 e. The fraction of sp³-hybridized carbons (Fsp3) is 0.333. The second-order valence-electron chi connectivity index (χ2n) is 7.18. The van der Waals surface area contributed by atoms with Crippen LogP contribution in [-0.2, 0) is 4.79 Å². The van der Waals surface area contributed by atoms with E-state index in [0.717, 1.165) is 30.8 Å². The van der Waals surface area contributed by atoms with Gasteiger partial charge < -0.3 is 10.2 Å². The van der Waals surface area contributed by atoms with Crippen molar-refractivity contribution in [1.82, 2.24) is 15.2 Å². The van der Waals surface area contributed by atoms with Crippen molar-refractivity contribution in [1.29, 1.82) is 0 Å². The number of rotatable bonds is 5. The Balaban J connectivity index is 1.25. The first-order chi connectivity index (χ1) is 13.6. The molecule has 0 bridgehead atoms. The Kier molecular flexibility index (Phi) is 5.06. The fourth-order valence-corrected chi connectivity index (χ4v) is 3.79. The molecule has 28 heavy (non-hydrogen) atoms. The zero-order chi connectivity index (χ0) is 19.5. The Labute approximate surface area is 163 Å². The van der Waals surface area contributed by atoms with Crippen molar-refractivity contribution in [3.05, 3.63) is 59.9 Å². The molecule has 1 N–H and O–H groups in total. The lowest BCUT2D eigenvalue weighted by Crippen LogP contribution is -2.43. The van der Waals surface area contributed by atoms with Gasteiger partial charge in [-0.1, -0.05) is 12.1 Å². The average molecular weight is 378 g/mol. The molecule has 0 saturated carbocycles. The molecule has 1 aromatic carbocycles. The summed E-state index contributed by atoms with van der Waals surface area (Å²) in [5.74, 6) is -0.710. The van der Waals surface area contributed by atoms with Gasteiger partial charge in [0.05, 0.1) is 11.1 Å². The molecule has 2 aliphatic heterocycles. The lowest BCUT2D eigenvalue weighted by molar-refractivity contribution is -0.121. The predicted molar refractivity (Wildman–Crippen MR) is 104 cm³/mol. The predicted octanol–water partition coefficient (Wildman–Crippen LogP) is 1.71. The van der Waals surface area contributed by atoms with Crippen LogP contribution in [0.25, 0.3) is 0 Å². The molecule has 0 spiro atoms. The molecule has 4 rings (SSSR count). The van der Waals surface area contributed by atoms with E-state index in [1.165, 1.54) is 5.69 Å². The first kappa shape index (κ1) is 18.2. The van der Waals surface area contributed by atoms with E-state index in [1.54, 1.807) is 36.7 Å². The van der Waals surface area contributed by atoms with Gasteiger partial charge in [-0.05, 0) is 43.0 Å². The van der Waals surface area contributed by atoms with Crippen molar-refractivity contribution in [3.63, 3.8) is 0 Å². The molecular formula is C21H22N4O3. The van der Waals surface area contributed by atoms with Crippen molar-refractivity contribution in [3.8, 4) is 0 Å². The Hall–Kier alpha value is -3.22. The first-order valence-corrected chi connectivity index (χ1v) is 9.50. The Bertz CT molecular complexity index is 857. The number of nitrogens with zero attached hydrogens (tertiary/aromatic N) is 3. The van der Waals surface area contributed by atoms with Crippen molar-refractivity contribution in [2.45, 2.75) is 12.8 Å². The number of hydrogen-bond donors (Lipinski definition) is 1. The van der Waals surface area contributed by atoms with Crippen molar-refractivity contribution < 1.29 is 14.4 Å². The van der Waals surface area contributed by atoms with Crippen LogP contribution in [0.15, 0.2) is 48.8 Å². The molecule has 0 aliphatic carbocycles. The van der Waals surface area contributed by atoms with Gasteiger partial charge in [0.15, 0.2) is 0 Å². The van der Waals surface area contributed by atoms with Gasteiger partial charge in [0.2, 0.25) is 5.91 Å². The standard InChI is InChI=1S/C21H22N4O3/c26-19(14-25-20(27)17-3-1-2-4-18(17)21(25)28)23-13-15-7-11-24(12-8-15)16-5-9-22-10-6-16/h1-6,9-10,15H,7-8,11-14H2,(H,23,26). The minimum atomic E-state index is -0.401. The lowest BCUT2D eigenvalue weighted by atomic mass is 9.96. The summed E-state index contributed by atoms with van der Waals surface area (Å²) in [5, 5.41) is 2.89. The first-order valence-electron chi connectivity index (χ1n) is 9.50. The second-order valence-corrected chi connectivity index (χ2v) is 7.18. The molecule has 0 radical (unpaired) electrons. The minimum absolute atomic E-state index is 0.234. The number of aromatic nitrogens is 1. The maximum atomic E-state index is 12.3. The van der Waals surface area contributed by atoms with Gasteiger partial charge in [-0.25, -0.2) is 0 Å². The van der Waals surface area contributed by atoms with Crippen LogP contribution in [0.2, 0.25) is 0 Å². The lowest BCUT2D eigenvalue weighted by Gasteiger charge is -2.33. The van der Waals surface area contributed by atoms with Gasteiger partial charge in [-0.2, -0.15) is 0 Å². The Morgan fingerprint density at radius 3 is 2.21 bits per heavy atom. The van der Waals surface area contributed by atoms with Crippen LogP contribution in [0.4, 0.5) is 5.69 Å². The largest absolute Gasteiger partial charge is 0.371 e. The fourth-order valence-electron chi connectivity index (χ4n) is 3.79. The second kappa shape index (κ2) is 7.80. The number of amides is 3. The minimum Gasteiger partial charge on any atom is -0.371 e. The number of imide groups is 1. The summed E-state index contributed by atoms with van der Waals surface area (Å²) in [5.41, 5.74) is 1.90. The number of carbonyl (C=O) groups is 3. The highest BCUT2D eigenvalue weighted by molar-refractivity contribution is 6.22. The van der Waals surface area contributed by atoms with E-state index in [9.17, 15) is 14.4 Å². The zero-order valence-corrected chi connectivity index (χ0v) is 15.5. The smallest absolute Gasteiger partial charge is 0.262 e. The Morgan fingerprint density at radius 2 is 1.61 bits per heavy atom. The van der Waals surface area contributed by atoms with Crippen LogP contribution in [-0.4, -0.2) is 53.8 Å². The number of fused-ring (bicyclic) bond motifs is 1. The average Bonchev–Trinajstić information content (AvgIpc) is 2.98. The van der Waals surface area contributed by atoms with Crippen molar-refractivity contribution in [2.24, 2.45) is 5.92 Å².